The Hall–Kier alpha value is -1.07. The summed E-state index contributed by atoms with van der Waals surface area (Å²) in [5.74, 6) is 0. The Bertz CT molecular complexity index is 326. The van der Waals surface area contributed by atoms with Gasteiger partial charge in [0.1, 0.15) is 0 Å². The van der Waals surface area contributed by atoms with Gasteiger partial charge in [-0.2, -0.15) is 13.2 Å². The van der Waals surface area contributed by atoms with Crippen molar-refractivity contribution >= 4 is 0 Å². The van der Waals surface area contributed by atoms with Crippen LogP contribution in [0.1, 0.15) is 12.5 Å². The highest BCUT2D eigenvalue weighted by molar-refractivity contribution is 5.23. The molecule has 0 spiro atoms. The van der Waals surface area contributed by atoms with Crippen LogP contribution >= 0.6 is 0 Å². The van der Waals surface area contributed by atoms with Gasteiger partial charge in [0.2, 0.25) is 0 Å². The molecular formula is C11H14F3NO. The lowest BCUT2D eigenvalue weighted by Crippen LogP contribution is -2.47. The van der Waals surface area contributed by atoms with Gasteiger partial charge in [-0.1, -0.05) is 30.3 Å². The number of nitrogens with one attached hydrogen (secondary N) is 1. The maximum Gasteiger partial charge on any atom is 0.401 e. The van der Waals surface area contributed by atoms with E-state index in [-0.39, 0.29) is 0 Å². The standard InChI is InChI=1S/C11H14F3NO/c1-10(8-16,15-7-11(12,13)14)9-5-3-2-4-6-9/h2-6,15-16H,7-8H2,1H3. The fourth-order valence-electron chi connectivity index (χ4n) is 1.35. The third-order valence-electron chi connectivity index (χ3n) is 2.41. The summed E-state index contributed by atoms with van der Waals surface area (Å²) in [6.45, 7) is 0.0140. The van der Waals surface area contributed by atoms with Crippen LogP contribution in [0.4, 0.5) is 13.2 Å². The lowest BCUT2D eigenvalue weighted by molar-refractivity contribution is -0.129. The van der Waals surface area contributed by atoms with Crippen LogP contribution in [0.2, 0.25) is 0 Å². The lowest BCUT2D eigenvalue weighted by atomic mass is 9.93. The fraction of sp³-hybridized carbons (Fsp3) is 0.455. The molecule has 1 atom stereocenters. The maximum absolute atomic E-state index is 12.1. The van der Waals surface area contributed by atoms with Crippen molar-refractivity contribution in [3.05, 3.63) is 35.9 Å². The van der Waals surface area contributed by atoms with Gasteiger partial charge in [-0.3, -0.25) is 5.32 Å². The second kappa shape index (κ2) is 4.84. The van der Waals surface area contributed by atoms with Gasteiger partial charge in [-0.15, -0.1) is 0 Å². The van der Waals surface area contributed by atoms with E-state index in [9.17, 15) is 18.3 Å². The van der Waals surface area contributed by atoms with Crippen molar-refractivity contribution < 1.29 is 18.3 Å². The van der Waals surface area contributed by atoms with Crippen molar-refractivity contribution in [1.82, 2.24) is 5.32 Å². The zero-order valence-corrected chi connectivity index (χ0v) is 8.88. The van der Waals surface area contributed by atoms with Crippen molar-refractivity contribution in [3.8, 4) is 0 Å². The maximum atomic E-state index is 12.1. The first-order chi connectivity index (χ1) is 7.37. The summed E-state index contributed by atoms with van der Waals surface area (Å²) in [4.78, 5) is 0. The van der Waals surface area contributed by atoms with E-state index >= 15 is 0 Å². The van der Waals surface area contributed by atoms with E-state index in [4.69, 9.17) is 0 Å². The van der Waals surface area contributed by atoms with Crippen LogP contribution in [0.15, 0.2) is 30.3 Å². The van der Waals surface area contributed by atoms with E-state index in [1.807, 2.05) is 0 Å². The van der Waals surface area contributed by atoms with Crippen LogP contribution in [-0.2, 0) is 5.54 Å². The van der Waals surface area contributed by atoms with E-state index in [1.165, 1.54) is 6.92 Å². The molecule has 0 heterocycles. The number of aliphatic hydroxyl groups is 1. The molecule has 2 N–H and O–H groups in total. The predicted octanol–water partition coefficient (Wildman–Crippen LogP) is 2.05. The van der Waals surface area contributed by atoms with Crippen molar-refractivity contribution in [2.24, 2.45) is 0 Å². The van der Waals surface area contributed by atoms with Gasteiger partial charge < -0.3 is 5.11 Å². The van der Waals surface area contributed by atoms with Crippen LogP contribution in [0, 0.1) is 0 Å². The lowest BCUT2D eigenvalue weighted by Gasteiger charge is -2.30. The first kappa shape index (κ1) is 13.0. The summed E-state index contributed by atoms with van der Waals surface area (Å²) in [5.41, 5.74) is -0.446. The summed E-state index contributed by atoms with van der Waals surface area (Å²) in [7, 11) is 0. The Labute approximate surface area is 92.1 Å². The molecule has 5 heteroatoms. The molecule has 0 saturated carbocycles. The van der Waals surface area contributed by atoms with Crippen molar-refractivity contribution in [3.63, 3.8) is 0 Å². The second-order valence-corrected chi connectivity index (χ2v) is 3.82. The molecular weight excluding hydrogens is 219 g/mol. The number of halogens is 3. The molecule has 1 rings (SSSR count). The molecule has 0 fully saturated rings. The van der Waals surface area contributed by atoms with Gasteiger partial charge in [-0.25, -0.2) is 0 Å². The average molecular weight is 233 g/mol. The molecule has 1 aromatic carbocycles. The van der Waals surface area contributed by atoms with E-state index in [0.717, 1.165) is 0 Å². The summed E-state index contributed by atoms with van der Waals surface area (Å²) >= 11 is 0. The number of aliphatic hydroxyl groups excluding tert-OH is 1. The highest BCUT2D eigenvalue weighted by Crippen LogP contribution is 2.22. The van der Waals surface area contributed by atoms with Crippen molar-refractivity contribution in [2.45, 2.75) is 18.6 Å². The molecule has 0 radical (unpaired) electrons. The van der Waals surface area contributed by atoms with E-state index < -0.39 is 24.9 Å². The normalized spacial score (nSPS) is 15.8. The van der Waals surface area contributed by atoms with Crippen LogP contribution in [-0.4, -0.2) is 24.4 Å². The largest absolute Gasteiger partial charge is 0.401 e. The second-order valence-electron chi connectivity index (χ2n) is 3.82. The quantitative estimate of drug-likeness (QED) is 0.834. The number of alkyl halides is 3. The number of rotatable bonds is 4. The highest BCUT2D eigenvalue weighted by Gasteiger charge is 2.33. The Kier molecular flexibility index (Phi) is 3.93. The number of benzene rings is 1. The molecule has 90 valence electrons. The van der Waals surface area contributed by atoms with Gasteiger partial charge >= 0.3 is 6.18 Å². The molecule has 0 aliphatic carbocycles. The number of hydrogen-bond acceptors (Lipinski definition) is 2. The van der Waals surface area contributed by atoms with E-state index in [2.05, 4.69) is 5.32 Å². The first-order valence-electron chi connectivity index (χ1n) is 4.85. The fourth-order valence-corrected chi connectivity index (χ4v) is 1.35. The summed E-state index contributed by atoms with van der Waals surface area (Å²) in [6.07, 6.45) is -4.29. The van der Waals surface area contributed by atoms with Gasteiger partial charge in [0.15, 0.2) is 0 Å². The average Bonchev–Trinajstić information content (AvgIpc) is 2.26. The minimum Gasteiger partial charge on any atom is -0.394 e. The highest BCUT2D eigenvalue weighted by atomic mass is 19.4. The van der Waals surface area contributed by atoms with Gasteiger partial charge in [0.05, 0.1) is 18.7 Å². The van der Waals surface area contributed by atoms with E-state index in [1.54, 1.807) is 30.3 Å². The van der Waals surface area contributed by atoms with Gasteiger partial charge in [0, 0.05) is 0 Å². The minimum absolute atomic E-state index is 0.396. The van der Waals surface area contributed by atoms with Crippen LogP contribution in [0.3, 0.4) is 0 Å². The third-order valence-corrected chi connectivity index (χ3v) is 2.41. The Morgan fingerprint density at radius 2 is 1.75 bits per heavy atom. The van der Waals surface area contributed by atoms with Crippen molar-refractivity contribution in [1.29, 1.82) is 0 Å². The smallest absolute Gasteiger partial charge is 0.394 e. The summed E-state index contributed by atoms with van der Waals surface area (Å²) in [5, 5.41) is 11.5. The molecule has 0 aromatic heterocycles. The number of hydrogen-bond donors (Lipinski definition) is 2. The minimum atomic E-state index is -4.29. The molecule has 2 nitrogen and oxygen atoms in total. The topological polar surface area (TPSA) is 32.3 Å². The third kappa shape index (κ3) is 3.50. The molecule has 0 aliphatic heterocycles. The van der Waals surface area contributed by atoms with E-state index in [0.29, 0.717) is 5.56 Å². The molecule has 0 aliphatic rings. The Morgan fingerprint density at radius 3 is 2.19 bits per heavy atom. The SMILES string of the molecule is CC(CO)(NCC(F)(F)F)c1ccccc1. The first-order valence-corrected chi connectivity index (χ1v) is 4.85. The zero-order valence-electron chi connectivity index (χ0n) is 8.88. The molecule has 16 heavy (non-hydrogen) atoms. The zero-order chi connectivity index (χ0) is 12.2. The molecule has 0 saturated heterocycles. The Balaban J connectivity index is 2.79. The van der Waals surface area contributed by atoms with Gasteiger partial charge in [-0.05, 0) is 12.5 Å². The van der Waals surface area contributed by atoms with Crippen LogP contribution < -0.4 is 5.32 Å². The summed E-state index contributed by atoms with van der Waals surface area (Å²) < 4.78 is 36.3. The molecule has 1 aromatic rings. The van der Waals surface area contributed by atoms with Gasteiger partial charge in [0.25, 0.3) is 0 Å². The van der Waals surface area contributed by atoms with Crippen molar-refractivity contribution in [2.75, 3.05) is 13.2 Å². The molecule has 0 bridgehead atoms. The monoisotopic (exact) mass is 233 g/mol. The predicted molar refractivity (Wildman–Crippen MR) is 54.9 cm³/mol. The summed E-state index contributed by atoms with van der Waals surface area (Å²) in [6, 6.07) is 8.57. The Morgan fingerprint density at radius 1 is 1.19 bits per heavy atom. The molecule has 1 unspecified atom stereocenters. The van der Waals surface area contributed by atoms with Crippen LogP contribution in [0.25, 0.3) is 0 Å². The van der Waals surface area contributed by atoms with Crippen LogP contribution in [0.5, 0.6) is 0 Å². The molecule has 0 amide bonds.